The zero-order valence-electron chi connectivity index (χ0n) is 11.9. The minimum Gasteiger partial charge on any atom is -0.396 e. The monoisotopic (exact) mass is 296 g/mol. The number of rotatable bonds is 5. The number of aromatic nitrogens is 2. The summed E-state index contributed by atoms with van der Waals surface area (Å²) in [5.41, 5.74) is 2.38. The maximum Gasteiger partial charge on any atom is 0.332 e. The van der Waals surface area contributed by atoms with E-state index in [0.717, 1.165) is 25.7 Å². The Labute approximate surface area is 122 Å². The Kier molecular flexibility index (Phi) is 4.86. The van der Waals surface area contributed by atoms with Gasteiger partial charge in [-0.15, -0.1) is 0 Å². The highest BCUT2D eigenvalue weighted by atomic mass is 16.6. The Morgan fingerprint density at radius 1 is 1.43 bits per heavy atom. The molecule has 9 heteroatoms. The first-order valence-corrected chi connectivity index (χ1v) is 6.93. The third-order valence-electron chi connectivity index (χ3n) is 3.84. The molecule has 0 amide bonds. The number of anilines is 2. The van der Waals surface area contributed by atoms with Crippen molar-refractivity contribution in [2.75, 3.05) is 17.3 Å². The lowest BCUT2D eigenvalue weighted by atomic mass is 9.85. The molecule has 9 nitrogen and oxygen atoms in total. The summed E-state index contributed by atoms with van der Waals surface area (Å²) in [6, 6.07) is -0.0395. The van der Waals surface area contributed by atoms with Gasteiger partial charge in [-0.1, -0.05) is 12.8 Å². The van der Waals surface area contributed by atoms with E-state index in [-0.39, 0.29) is 41.7 Å². The van der Waals surface area contributed by atoms with E-state index in [4.69, 9.17) is 5.84 Å². The van der Waals surface area contributed by atoms with Gasteiger partial charge in [-0.3, -0.25) is 15.5 Å². The molecule has 0 aromatic carbocycles. The summed E-state index contributed by atoms with van der Waals surface area (Å²) in [5.74, 6) is 5.63. The van der Waals surface area contributed by atoms with Crippen LogP contribution in [0.15, 0.2) is 0 Å². The second kappa shape index (κ2) is 6.64. The van der Waals surface area contributed by atoms with E-state index in [0.29, 0.717) is 0 Å². The average molecular weight is 296 g/mol. The highest BCUT2D eigenvalue weighted by molar-refractivity contribution is 5.61. The van der Waals surface area contributed by atoms with Crippen molar-refractivity contribution < 1.29 is 10.0 Å². The molecule has 2 unspecified atom stereocenters. The summed E-state index contributed by atoms with van der Waals surface area (Å²) in [4.78, 5) is 18.7. The first-order valence-electron chi connectivity index (χ1n) is 6.93. The number of nitrogens with one attached hydrogen (secondary N) is 2. The maximum absolute atomic E-state index is 11.2. The van der Waals surface area contributed by atoms with Crippen molar-refractivity contribution in [1.82, 2.24) is 9.97 Å². The minimum absolute atomic E-state index is 0.0395. The molecule has 21 heavy (non-hydrogen) atoms. The number of nitrogens with two attached hydrogens (primary N) is 1. The number of nitrogen functional groups attached to an aromatic ring is 1. The fourth-order valence-corrected chi connectivity index (χ4v) is 2.74. The first kappa shape index (κ1) is 15.4. The molecule has 1 fully saturated rings. The molecule has 0 saturated heterocycles. The summed E-state index contributed by atoms with van der Waals surface area (Å²) < 4.78 is 0. The normalized spacial score (nSPS) is 21.9. The van der Waals surface area contributed by atoms with Crippen molar-refractivity contribution in [2.45, 2.75) is 38.6 Å². The quantitative estimate of drug-likeness (QED) is 0.357. The van der Waals surface area contributed by atoms with Crippen molar-refractivity contribution in [3.63, 3.8) is 0 Å². The van der Waals surface area contributed by atoms with E-state index in [2.05, 4.69) is 20.7 Å². The largest absolute Gasteiger partial charge is 0.396 e. The highest BCUT2D eigenvalue weighted by Crippen LogP contribution is 2.31. The predicted molar refractivity (Wildman–Crippen MR) is 77.7 cm³/mol. The Bertz CT molecular complexity index is 524. The molecule has 1 aliphatic carbocycles. The summed E-state index contributed by atoms with van der Waals surface area (Å²) >= 11 is 0. The first-order chi connectivity index (χ1) is 10.1. The van der Waals surface area contributed by atoms with Crippen LogP contribution in [-0.4, -0.2) is 32.6 Å². The molecular weight excluding hydrogens is 276 g/mol. The van der Waals surface area contributed by atoms with Crippen LogP contribution in [0, 0.1) is 23.0 Å². The van der Waals surface area contributed by atoms with E-state index in [1.54, 1.807) is 0 Å². The van der Waals surface area contributed by atoms with Gasteiger partial charge in [0.25, 0.3) is 0 Å². The van der Waals surface area contributed by atoms with Gasteiger partial charge in [-0.25, -0.2) is 10.8 Å². The molecule has 0 spiro atoms. The molecule has 0 aliphatic heterocycles. The van der Waals surface area contributed by atoms with Crippen LogP contribution in [0.3, 0.4) is 0 Å². The second-order valence-corrected chi connectivity index (χ2v) is 5.21. The molecule has 0 bridgehead atoms. The number of aliphatic hydroxyl groups excluding tert-OH is 1. The van der Waals surface area contributed by atoms with Crippen LogP contribution in [0.5, 0.6) is 0 Å². The van der Waals surface area contributed by atoms with Gasteiger partial charge < -0.3 is 10.4 Å². The van der Waals surface area contributed by atoms with Crippen LogP contribution in [0.2, 0.25) is 0 Å². The molecule has 2 rings (SSSR count). The average Bonchev–Trinajstić information content (AvgIpc) is 2.46. The van der Waals surface area contributed by atoms with Gasteiger partial charge in [-0.05, 0) is 19.8 Å². The topological polar surface area (TPSA) is 139 Å². The standard InChI is InChI=1S/C12H20N6O3/c1-7-10(18(20)21)11(16-12(14-7)17-13)15-9-5-3-2-4-8(9)6-19/h8-9,19H,2-6,13H2,1H3,(H2,14,15,16,17). The van der Waals surface area contributed by atoms with Crippen LogP contribution >= 0.6 is 0 Å². The Morgan fingerprint density at radius 2 is 2.14 bits per heavy atom. The fourth-order valence-electron chi connectivity index (χ4n) is 2.74. The molecule has 1 aromatic heterocycles. The predicted octanol–water partition coefficient (Wildman–Crippen LogP) is 0.942. The Morgan fingerprint density at radius 3 is 2.76 bits per heavy atom. The van der Waals surface area contributed by atoms with E-state index in [1.807, 2.05) is 0 Å². The molecule has 1 aromatic rings. The Balaban J connectivity index is 2.32. The van der Waals surface area contributed by atoms with Gasteiger partial charge in [0, 0.05) is 18.6 Å². The van der Waals surface area contributed by atoms with E-state index >= 15 is 0 Å². The van der Waals surface area contributed by atoms with Gasteiger partial charge in [0.05, 0.1) is 4.92 Å². The number of aliphatic hydroxyl groups is 1. The van der Waals surface area contributed by atoms with Crippen LogP contribution < -0.4 is 16.6 Å². The molecule has 1 aliphatic rings. The van der Waals surface area contributed by atoms with Crippen molar-refractivity contribution in [3.05, 3.63) is 15.8 Å². The molecule has 0 radical (unpaired) electrons. The van der Waals surface area contributed by atoms with Crippen molar-refractivity contribution >= 4 is 17.5 Å². The zero-order chi connectivity index (χ0) is 15.4. The van der Waals surface area contributed by atoms with Crippen molar-refractivity contribution in [2.24, 2.45) is 11.8 Å². The van der Waals surface area contributed by atoms with E-state index in [1.165, 1.54) is 6.92 Å². The van der Waals surface area contributed by atoms with Crippen LogP contribution in [0.1, 0.15) is 31.4 Å². The van der Waals surface area contributed by atoms with Crippen LogP contribution in [0.25, 0.3) is 0 Å². The fraction of sp³-hybridized carbons (Fsp3) is 0.667. The molecule has 116 valence electrons. The smallest absolute Gasteiger partial charge is 0.332 e. The lowest BCUT2D eigenvalue weighted by Gasteiger charge is -2.31. The summed E-state index contributed by atoms with van der Waals surface area (Å²) in [6.45, 7) is 1.59. The number of nitro groups is 1. The maximum atomic E-state index is 11.2. The number of hydrazine groups is 1. The Hall–Kier alpha value is -2.00. The third-order valence-corrected chi connectivity index (χ3v) is 3.84. The van der Waals surface area contributed by atoms with Gasteiger partial charge in [-0.2, -0.15) is 4.98 Å². The summed E-state index contributed by atoms with van der Waals surface area (Å²) in [6.07, 6.45) is 3.82. The molecule has 2 atom stereocenters. The number of nitrogens with zero attached hydrogens (tertiary/aromatic N) is 3. The van der Waals surface area contributed by atoms with Crippen molar-refractivity contribution in [3.8, 4) is 0 Å². The molecule has 1 saturated carbocycles. The molecule has 1 heterocycles. The van der Waals surface area contributed by atoms with Gasteiger partial charge in [0.1, 0.15) is 5.69 Å². The number of hydrogen-bond acceptors (Lipinski definition) is 8. The minimum atomic E-state index is -0.505. The zero-order valence-corrected chi connectivity index (χ0v) is 11.9. The van der Waals surface area contributed by atoms with Crippen LogP contribution in [-0.2, 0) is 0 Å². The highest BCUT2D eigenvalue weighted by Gasteiger charge is 2.29. The van der Waals surface area contributed by atoms with E-state index < -0.39 is 4.92 Å². The van der Waals surface area contributed by atoms with Gasteiger partial charge >= 0.3 is 5.69 Å². The summed E-state index contributed by atoms with van der Waals surface area (Å²) in [7, 11) is 0. The lowest BCUT2D eigenvalue weighted by molar-refractivity contribution is -0.385. The molecular formula is C12H20N6O3. The van der Waals surface area contributed by atoms with E-state index in [9.17, 15) is 15.2 Å². The SMILES string of the molecule is Cc1nc(NN)nc(NC2CCCCC2CO)c1[N+](=O)[O-]. The lowest BCUT2D eigenvalue weighted by Crippen LogP contribution is -2.35. The van der Waals surface area contributed by atoms with Crippen LogP contribution in [0.4, 0.5) is 17.5 Å². The van der Waals surface area contributed by atoms with Crippen molar-refractivity contribution in [1.29, 1.82) is 0 Å². The second-order valence-electron chi connectivity index (χ2n) is 5.21. The molecule has 5 N–H and O–H groups in total. The summed E-state index contributed by atoms with van der Waals surface area (Å²) in [5, 5.41) is 23.8. The number of aryl methyl sites for hydroxylation is 1. The van der Waals surface area contributed by atoms with Gasteiger partial charge in [0.2, 0.25) is 11.8 Å². The number of hydrogen-bond donors (Lipinski definition) is 4. The van der Waals surface area contributed by atoms with Gasteiger partial charge in [0.15, 0.2) is 0 Å². The third kappa shape index (κ3) is 3.37.